The Morgan fingerprint density at radius 1 is 1.37 bits per heavy atom. The predicted octanol–water partition coefficient (Wildman–Crippen LogP) is 2.70. The van der Waals surface area contributed by atoms with E-state index in [1.807, 2.05) is 19.1 Å². The molecule has 0 saturated heterocycles. The molecule has 0 aliphatic heterocycles. The normalized spacial score (nSPS) is 10.2. The number of nitrogens with zero attached hydrogens (tertiary/aromatic N) is 1. The molecule has 1 aromatic carbocycles. The molecule has 1 heterocycles. The number of nitrogens with one attached hydrogen (secondary N) is 1. The first-order valence-corrected chi connectivity index (χ1v) is 6.04. The van der Waals surface area contributed by atoms with Crippen LogP contribution in [0.4, 0.5) is 5.69 Å². The van der Waals surface area contributed by atoms with Gasteiger partial charge in [0.05, 0.1) is 5.69 Å². The van der Waals surface area contributed by atoms with Crippen molar-refractivity contribution in [1.29, 1.82) is 0 Å². The summed E-state index contributed by atoms with van der Waals surface area (Å²) in [5.74, 6) is -2.20. The van der Waals surface area contributed by atoms with Gasteiger partial charge in [0.15, 0.2) is 5.69 Å². The molecule has 0 unspecified atom stereocenters. The quantitative estimate of drug-likeness (QED) is 0.905. The first kappa shape index (κ1) is 13.3. The topological polar surface area (TPSA) is 92.4 Å². The van der Waals surface area contributed by atoms with E-state index in [1.165, 1.54) is 0 Å². The summed E-state index contributed by atoms with van der Waals surface area (Å²) in [5.41, 5.74) is 1.51. The molecule has 1 aromatic heterocycles. The highest BCUT2D eigenvalue weighted by atomic mass is 79.9. The summed E-state index contributed by atoms with van der Waals surface area (Å²) in [7, 11) is 0. The summed E-state index contributed by atoms with van der Waals surface area (Å²) >= 11 is 3.32. The number of benzene rings is 1. The van der Waals surface area contributed by atoms with Crippen LogP contribution in [0.15, 0.2) is 33.3 Å². The van der Waals surface area contributed by atoms with Crippen molar-refractivity contribution in [3.05, 3.63) is 45.8 Å². The van der Waals surface area contributed by atoms with Crippen LogP contribution in [0.1, 0.15) is 26.6 Å². The van der Waals surface area contributed by atoms with Gasteiger partial charge in [0.25, 0.3) is 5.91 Å². The third-order valence-electron chi connectivity index (χ3n) is 2.33. The molecule has 0 aliphatic carbocycles. The molecule has 2 rings (SSSR count). The molecule has 0 saturated carbocycles. The molecular formula is C12H9BrN2O4. The third kappa shape index (κ3) is 3.00. The third-order valence-corrected chi connectivity index (χ3v) is 2.98. The number of halogens is 1. The molecule has 2 aromatic rings. The SMILES string of the molecule is Cc1ccc(NC(=O)c2cc(C(=O)O)on2)c(Br)c1. The highest BCUT2D eigenvalue weighted by Gasteiger charge is 2.17. The van der Waals surface area contributed by atoms with Gasteiger partial charge >= 0.3 is 5.97 Å². The van der Waals surface area contributed by atoms with Crippen LogP contribution in [-0.4, -0.2) is 22.1 Å². The predicted molar refractivity (Wildman–Crippen MR) is 70.3 cm³/mol. The van der Waals surface area contributed by atoms with E-state index in [0.29, 0.717) is 5.69 Å². The van der Waals surface area contributed by atoms with Gasteiger partial charge in [-0.3, -0.25) is 4.79 Å². The molecule has 1 amide bonds. The Kier molecular flexibility index (Phi) is 3.66. The number of amides is 1. The lowest BCUT2D eigenvalue weighted by Crippen LogP contribution is -2.12. The van der Waals surface area contributed by atoms with E-state index in [0.717, 1.165) is 16.1 Å². The first-order valence-electron chi connectivity index (χ1n) is 5.25. The Hall–Kier alpha value is -2.15. The van der Waals surface area contributed by atoms with Crippen LogP contribution >= 0.6 is 15.9 Å². The van der Waals surface area contributed by atoms with Crippen molar-refractivity contribution in [3.63, 3.8) is 0 Å². The molecule has 0 aliphatic rings. The van der Waals surface area contributed by atoms with Gasteiger partial charge in [0.1, 0.15) is 0 Å². The van der Waals surface area contributed by atoms with Gasteiger partial charge in [-0.05, 0) is 40.5 Å². The molecule has 0 bridgehead atoms. The van der Waals surface area contributed by atoms with Crippen molar-refractivity contribution in [1.82, 2.24) is 5.16 Å². The number of hydrogen-bond acceptors (Lipinski definition) is 4. The largest absolute Gasteiger partial charge is 0.475 e. The molecular weight excluding hydrogens is 316 g/mol. The minimum absolute atomic E-state index is 0.0927. The van der Waals surface area contributed by atoms with Gasteiger partial charge in [0.2, 0.25) is 5.76 Å². The van der Waals surface area contributed by atoms with E-state index in [-0.39, 0.29) is 11.5 Å². The smallest absolute Gasteiger partial charge is 0.374 e. The number of rotatable bonds is 3. The van der Waals surface area contributed by atoms with Crippen LogP contribution in [0.5, 0.6) is 0 Å². The number of carbonyl (C=O) groups is 2. The molecule has 0 spiro atoms. The van der Waals surface area contributed by atoms with Crippen LogP contribution in [-0.2, 0) is 0 Å². The monoisotopic (exact) mass is 324 g/mol. The lowest BCUT2D eigenvalue weighted by atomic mass is 10.2. The Morgan fingerprint density at radius 3 is 2.68 bits per heavy atom. The van der Waals surface area contributed by atoms with Crippen molar-refractivity contribution in [3.8, 4) is 0 Å². The Balaban J connectivity index is 2.18. The van der Waals surface area contributed by atoms with Crippen LogP contribution in [0.3, 0.4) is 0 Å². The number of hydrogen-bond donors (Lipinski definition) is 2. The Morgan fingerprint density at radius 2 is 2.11 bits per heavy atom. The van der Waals surface area contributed by atoms with Gasteiger partial charge in [-0.1, -0.05) is 11.2 Å². The summed E-state index contributed by atoms with van der Waals surface area (Å²) in [6.07, 6.45) is 0. The van der Waals surface area contributed by atoms with E-state index in [1.54, 1.807) is 6.07 Å². The molecule has 19 heavy (non-hydrogen) atoms. The number of carboxylic acids is 1. The van der Waals surface area contributed by atoms with Gasteiger partial charge in [-0.2, -0.15) is 0 Å². The maximum absolute atomic E-state index is 11.8. The number of carboxylic acid groups (broad SMARTS) is 1. The molecule has 0 fully saturated rings. The van der Waals surface area contributed by atoms with E-state index in [9.17, 15) is 9.59 Å². The maximum atomic E-state index is 11.8. The highest BCUT2D eigenvalue weighted by molar-refractivity contribution is 9.10. The van der Waals surface area contributed by atoms with Gasteiger partial charge < -0.3 is 14.9 Å². The van der Waals surface area contributed by atoms with Crippen molar-refractivity contribution >= 4 is 33.5 Å². The molecule has 7 heteroatoms. The van der Waals surface area contributed by atoms with Crippen molar-refractivity contribution in [2.75, 3.05) is 5.32 Å². The zero-order valence-electron chi connectivity index (χ0n) is 9.81. The zero-order valence-corrected chi connectivity index (χ0v) is 11.4. The number of carbonyl (C=O) groups excluding carboxylic acids is 1. The summed E-state index contributed by atoms with van der Waals surface area (Å²) < 4.78 is 5.24. The summed E-state index contributed by atoms with van der Waals surface area (Å²) in [6, 6.07) is 6.49. The van der Waals surface area contributed by atoms with Crippen LogP contribution in [0, 0.1) is 6.92 Å². The number of aromatic carboxylic acids is 1. The minimum Gasteiger partial charge on any atom is -0.475 e. The minimum atomic E-state index is -1.27. The lowest BCUT2D eigenvalue weighted by molar-refractivity contribution is 0.0651. The second-order valence-corrected chi connectivity index (χ2v) is 4.67. The number of aromatic nitrogens is 1. The van der Waals surface area contributed by atoms with E-state index < -0.39 is 11.9 Å². The molecule has 0 radical (unpaired) electrons. The Bertz CT molecular complexity index is 651. The average molecular weight is 325 g/mol. The standard InChI is InChI=1S/C12H9BrN2O4/c1-6-2-3-8(7(13)4-6)14-11(16)9-5-10(12(17)18)19-15-9/h2-5H,1H3,(H,14,16)(H,17,18). The fourth-order valence-electron chi connectivity index (χ4n) is 1.39. The summed E-state index contributed by atoms with van der Waals surface area (Å²) in [5, 5.41) is 14.7. The van der Waals surface area contributed by atoms with Gasteiger partial charge in [-0.25, -0.2) is 4.79 Å². The molecule has 2 N–H and O–H groups in total. The van der Waals surface area contributed by atoms with Gasteiger partial charge in [-0.15, -0.1) is 0 Å². The molecule has 98 valence electrons. The lowest BCUT2D eigenvalue weighted by Gasteiger charge is -2.06. The zero-order chi connectivity index (χ0) is 14.0. The van der Waals surface area contributed by atoms with Crippen LogP contribution in [0.2, 0.25) is 0 Å². The van der Waals surface area contributed by atoms with Gasteiger partial charge in [0, 0.05) is 10.5 Å². The maximum Gasteiger partial charge on any atom is 0.374 e. The van der Waals surface area contributed by atoms with Crippen molar-refractivity contribution in [2.45, 2.75) is 6.92 Å². The Labute approximate surface area is 116 Å². The first-order chi connectivity index (χ1) is 8.97. The summed E-state index contributed by atoms with van der Waals surface area (Å²) in [6.45, 7) is 1.92. The van der Waals surface area contributed by atoms with Crippen LogP contribution in [0.25, 0.3) is 0 Å². The molecule has 6 nitrogen and oxygen atoms in total. The number of anilines is 1. The van der Waals surface area contributed by atoms with Crippen LogP contribution < -0.4 is 5.32 Å². The fraction of sp³-hybridized carbons (Fsp3) is 0.0833. The second-order valence-electron chi connectivity index (χ2n) is 3.82. The fourth-order valence-corrected chi connectivity index (χ4v) is 1.98. The van der Waals surface area contributed by atoms with E-state index in [2.05, 4.69) is 30.9 Å². The average Bonchev–Trinajstić information content (AvgIpc) is 2.82. The highest BCUT2D eigenvalue weighted by Crippen LogP contribution is 2.23. The number of aryl methyl sites for hydroxylation is 1. The van der Waals surface area contributed by atoms with E-state index >= 15 is 0 Å². The molecule has 0 atom stereocenters. The summed E-state index contributed by atoms with van der Waals surface area (Å²) in [4.78, 5) is 22.5. The van der Waals surface area contributed by atoms with Crippen molar-refractivity contribution in [2.24, 2.45) is 0 Å². The van der Waals surface area contributed by atoms with E-state index in [4.69, 9.17) is 5.11 Å². The second kappa shape index (κ2) is 5.23. The van der Waals surface area contributed by atoms with Crippen molar-refractivity contribution < 1.29 is 19.2 Å².